The van der Waals surface area contributed by atoms with E-state index in [9.17, 15) is 13.6 Å². The molecule has 0 radical (unpaired) electrons. The zero-order chi connectivity index (χ0) is 23.3. The Morgan fingerprint density at radius 1 is 1.28 bits per heavy atom. The highest BCUT2D eigenvalue weighted by Gasteiger charge is 2.22. The van der Waals surface area contributed by atoms with Crippen molar-refractivity contribution < 1.29 is 18.3 Å². The van der Waals surface area contributed by atoms with Gasteiger partial charge in [0.05, 0.1) is 11.0 Å². The summed E-state index contributed by atoms with van der Waals surface area (Å²) in [6.45, 7) is -3.07. The van der Waals surface area contributed by atoms with E-state index in [4.69, 9.17) is 15.6 Å². The molecule has 0 amide bonds. The lowest BCUT2D eigenvalue weighted by Gasteiger charge is -2.19. The Morgan fingerprint density at radius 2 is 2.06 bits per heavy atom. The molecule has 0 unspecified atom stereocenters. The Bertz CT molecular complexity index is 1280. The molecule has 3 aromatic rings. The lowest BCUT2D eigenvalue weighted by atomic mass is 10.1. The fourth-order valence-electron chi connectivity index (χ4n) is 3.05. The van der Waals surface area contributed by atoms with Crippen molar-refractivity contribution in [1.82, 2.24) is 9.55 Å². The number of allylic oxidation sites excluding steroid dienone is 2. The highest BCUT2D eigenvalue weighted by Crippen LogP contribution is 2.34. The number of imidazole rings is 1. The predicted molar refractivity (Wildman–Crippen MR) is 120 cm³/mol. The van der Waals surface area contributed by atoms with E-state index in [1.807, 2.05) is 0 Å². The van der Waals surface area contributed by atoms with Crippen LogP contribution in [-0.2, 0) is 0 Å². The predicted octanol–water partition coefficient (Wildman–Crippen LogP) is 4.08. The lowest BCUT2D eigenvalue weighted by molar-refractivity contribution is -0.0498. The number of aldehydes is 1. The van der Waals surface area contributed by atoms with Crippen LogP contribution in [0.3, 0.4) is 0 Å². The molecule has 0 spiro atoms. The Labute approximate surface area is 183 Å². The number of carbonyl (C=O) groups excluding carboxylic acids is 1. The van der Waals surface area contributed by atoms with Gasteiger partial charge in [-0.25, -0.2) is 4.98 Å². The monoisotopic (exact) mass is 435 g/mol. The summed E-state index contributed by atoms with van der Waals surface area (Å²) < 4.78 is 32.4. The molecule has 0 saturated heterocycles. The second-order valence-corrected chi connectivity index (χ2v) is 6.72. The molecular formula is C23H19F2N5O2. The van der Waals surface area contributed by atoms with Crippen LogP contribution >= 0.6 is 0 Å². The van der Waals surface area contributed by atoms with Gasteiger partial charge < -0.3 is 15.0 Å². The maximum Gasteiger partial charge on any atom is 0.387 e. The van der Waals surface area contributed by atoms with Crippen molar-refractivity contribution in [3.8, 4) is 23.3 Å². The Hall–Kier alpha value is -4.32. The van der Waals surface area contributed by atoms with Crippen molar-refractivity contribution in [3.05, 3.63) is 59.7 Å². The fourth-order valence-corrected chi connectivity index (χ4v) is 3.05. The molecule has 0 atom stereocenters. The SMILES string of the molecule is CN(C)c1nc2ccc(C#CC(=N)/C=C\C=N)cc2n1-c1c(C=O)cccc1OC(F)F. The van der Waals surface area contributed by atoms with Crippen LogP contribution in [0.2, 0.25) is 0 Å². The molecule has 0 aliphatic carbocycles. The number of ether oxygens (including phenoxy) is 1. The first-order valence-corrected chi connectivity index (χ1v) is 9.36. The maximum absolute atomic E-state index is 13.1. The van der Waals surface area contributed by atoms with E-state index in [-0.39, 0.29) is 22.7 Å². The number of benzene rings is 2. The van der Waals surface area contributed by atoms with Crippen LogP contribution in [0.25, 0.3) is 16.7 Å². The normalized spacial score (nSPS) is 10.8. The summed E-state index contributed by atoms with van der Waals surface area (Å²) >= 11 is 0. The molecule has 2 aromatic carbocycles. The van der Waals surface area contributed by atoms with Crippen molar-refractivity contribution in [2.24, 2.45) is 0 Å². The summed E-state index contributed by atoms with van der Waals surface area (Å²) in [6.07, 6.45) is 4.40. The first-order valence-electron chi connectivity index (χ1n) is 9.36. The molecule has 1 aromatic heterocycles. The molecule has 9 heteroatoms. The quantitative estimate of drug-likeness (QED) is 0.332. The maximum atomic E-state index is 13.1. The van der Waals surface area contributed by atoms with Crippen LogP contribution in [0.15, 0.2) is 48.6 Å². The summed E-state index contributed by atoms with van der Waals surface area (Å²) in [5, 5.41) is 14.7. The van der Waals surface area contributed by atoms with Gasteiger partial charge in [0.2, 0.25) is 5.95 Å². The molecule has 0 bridgehead atoms. The van der Waals surface area contributed by atoms with Crippen molar-refractivity contribution in [1.29, 1.82) is 10.8 Å². The Kier molecular flexibility index (Phi) is 6.75. The number of nitrogens with one attached hydrogen (secondary N) is 2. The third-order valence-electron chi connectivity index (χ3n) is 4.33. The number of alkyl halides is 2. The van der Waals surface area contributed by atoms with Crippen LogP contribution in [0.4, 0.5) is 14.7 Å². The van der Waals surface area contributed by atoms with Gasteiger partial charge in [0, 0.05) is 31.4 Å². The molecule has 32 heavy (non-hydrogen) atoms. The van der Waals surface area contributed by atoms with Gasteiger partial charge in [-0.2, -0.15) is 8.78 Å². The van der Waals surface area contributed by atoms with E-state index in [1.54, 1.807) is 41.8 Å². The van der Waals surface area contributed by atoms with Crippen molar-refractivity contribution in [3.63, 3.8) is 0 Å². The summed E-state index contributed by atoms with van der Waals surface area (Å²) in [7, 11) is 3.49. The van der Waals surface area contributed by atoms with E-state index in [0.717, 1.165) is 6.21 Å². The minimum Gasteiger partial charge on any atom is -0.433 e. The molecule has 1 heterocycles. The Balaban J connectivity index is 2.27. The van der Waals surface area contributed by atoms with Gasteiger partial charge >= 0.3 is 6.61 Å². The number of carbonyl (C=O) groups is 1. The molecule has 0 fully saturated rings. The van der Waals surface area contributed by atoms with Gasteiger partial charge in [0.1, 0.15) is 11.4 Å². The van der Waals surface area contributed by atoms with E-state index in [1.165, 1.54) is 30.4 Å². The van der Waals surface area contributed by atoms with Crippen molar-refractivity contribution in [2.75, 3.05) is 19.0 Å². The number of rotatable bonds is 7. The number of hydrogen-bond donors (Lipinski definition) is 2. The molecule has 7 nitrogen and oxygen atoms in total. The van der Waals surface area contributed by atoms with Gasteiger partial charge in [-0.15, -0.1) is 0 Å². The van der Waals surface area contributed by atoms with Crippen LogP contribution in [0.5, 0.6) is 5.75 Å². The average Bonchev–Trinajstić information content (AvgIpc) is 3.14. The standard InChI is InChI=1S/C23H19F2N5O2/c1-29(2)23-28-18-11-9-15(8-10-17(27)6-4-12-26)13-19(18)30(23)21-16(14-31)5-3-7-20(21)32-22(24)25/h3-7,9,11-14,22,26-27H,1-2H3/b6-4-,26-12?,27-17?. The third-order valence-corrected chi connectivity index (χ3v) is 4.33. The number of aromatic nitrogens is 2. The molecular weight excluding hydrogens is 416 g/mol. The summed E-state index contributed by atoms with van der Waals surface area (Å²) in [4.78, 5) is 18.0. The topological polar surface area (TPSA) is 95.1 Å². The number of hydrogen-bond acceptors (Lipinski definition) is 6. The second kappa shape index (κ2) is 9.66. The largest absolute Gasteiger partial charge is 0.433 e. The van der Waals surface area contributed by atoms with E-state index in [0.29, 0.717) is 28.8 Å². The number of para-hydroxylation sites is 1. The van der Waals surface area contributed by atoms with Gasteiger partial charge in [0.25, 0.3) is 0 Å². The van der Waals surface area contributed by atoms with Crippen molar-refractivity contribution >= 4 is 35.2 Å². The third kappa shape index (κ3) is 4.70. The Morgan fingerprint density at radius 3 is 2.72 bits per heavy atom. The van der Waals surface area contributed by atoms with Crippen LogP contribution < -0.4 is 9.64 Å². The van der Waals surface area contributed by atoms with Crippen LogP contribution in [0, 0.1) is 22.7 Å². The first-order chi connectivity index (χ1) is 15.3. The highest BCUT2D eigenvalue weighted by atomic mass is 19.3. The van der Waals surface area contributed by atoms with E-state index in [2.05, 4.69) is 16.8 Å². The lowest BCUT2D eigenvalue weighted by Crippen LogP contribution is -2.16. The summed E-state index contributed by atoms with van der Waals surface area (Å²) in [6, 6.07) is 9.47. The summed E-state index contributed by atoms with van der Waals surface area (Å²) in [5.74, 6) is 5.77. The van der Waals surface area contributed by atoms with E-state index >= 15 is 0 Å². The number of anilines is 1. The highest BCUT2D eigenvalue weighted by molar-refractivity contribution is 6.08. The van der Waals surface area contributed by atoms with Crippen LogP contribution in [0.1, 0.15) is 15.9 Å². The van der Waals surface area contributed by atoms with Gasteiger partial charge in [-0.3, -0.25) is 14.8 Å². The zero-order valence-corrected chi connectivity index (χ0v) is 17.3. The minimum absolute atomic E-state index is 0.0232. The second-order valence-electron chi connectivity index (χ2n) is 6.72. The summed E-state index contributed by atoms with van der Waals surface area (Å²) in [5.41, 5.74) is 1.95. The zero-order valence-electron chi connectivity index (χ0n) is 17.3. The number of nitrogens with zero attached hydrogens (tertiary/aromatic N) is 3. The molecule has 3 rings (SSSR count). The van der Waals surface area contributed by atoms with Gasteiger partial charge in [-0.05, 0) is 48.4 Å². The van der Waals surface area contributed by atoms with Gasteiger partial charge in [-0.1, -0.05) is 12.0 Å². The smallest absolute Gasteiger partial charge is 0.387 e. The van der Waals surface area contributed by atoms with Gasteiger partial charge in [0.15, 0.2) is 12.0 Å². The van der Waals surface area contributed by atoms with E-state index < -0.39 is 6.61 Å². The number of halogens is 2. The molecule has 0 saturated carbocycles. The molecule has 0 aliphatic heterocycles. The minimum atomic E-state index is -3.07. The molecule has 0 aliphatic rings. The molecule has 2 N–H and O–H groups in total. The van der Waals surface area contributed by atoms with Crippen molar-refractivity contribution in [2.45, 2.75) is 6.61 Å². The first kappa shape index (κ1) is 22.4. The molecule has 162 valence electrons. The fraction of sp³-hybridized carbons (Fsp3) is 0.130. The average molecular weight is 435 g/mol. The van der Waals surface area contributed by atoms with Crippen LogP contribution in [-0.4, -0.2) is 48.5 Å². The number of fused-ring (bicyclic) bond motifs is 1.